The molecule has 0 bridgehead atoms. The highest BCUT2D eigenvalue weighted by Gasteiger charge is 2.17. The van der Waals surface area contributed by atoms with Crippen LogP contribution in [0.1, 0.15) is 22.0 Å². The summed E-state index contributed by atoms with van der Waals surface area (Å²) >= 11 is 0. The molecule has 0 aromatic heterocycles. The Labute approximate surface area is 118 Å². The van der Waals surface area contributed by atoms with Crippen molar-refractivity contribution in [3.8, 4) is 5.75 Å². The maximum Gasteiger partial charge on any atom is 0.255 e. The molecule has 0 aliphatic heterocycles. The second-order valence-electron chi connectivity index (χ2n) is 4.32. The molecule has 1 atom stereocenters. The van der Waals surface area contributed by atoms with Gasteiger partial charge in [0.15, 0.2) is 0 Å². The van der Waals surface area contributed by atoms with Gasteiger partial charge in [-0.05, 0) is 17.7 Å². The number of carbonyl (C=O) groups excluding carboxylic acids is 1. The van der Waals surface area contributed by atoms with E-state index in [1.807, 2.05) is 30.3 Å². The standard InChI is InChI=1S/C16H17NO3/c1-20-15-10-6-5-9-13(15)16(19)17-14(11-18)12-7-3-2-4-8-12/h2-10,14,18H,11H2,1H3,(H,17,19). The van der Waals surface area contributed by atoms with E-state index in [0.717, 1.165) is 5.56 Å². The predicted molar refractivity (Wildman–Crippen MR) is 76.7 cm³/mol. The number of para-hydroxylation sites is 1. The molecule has 104 valence electrons. The number of hydrogen-bond donors (Lipinski definition) is 2. The molecule has 0 saturated carbocycles. The summed E-state index contributed by atoms with van der Waals surface area (Å²) in [4.78, 5) is 12.3. The van der Waals surface area contributed by atoms with Crippen LogP contribution in [0.25, 0.3) is 0 Å². The van der Waals surface area contributed by atoms with Crippen molar-refractivity contribution >= 4 is 5.91 Å². The molecule has 4 nitrogen and oxygen atoms in total. The SMILES string of the molecule is COc1ccccc1C(=O)NC(CO)c1ccccc1. The van der Waals surface area contributed by atoms with Gasteiger partial charge >= 0.3 is 0 Å². The third-order valence-corrected chi connectivity index (χ3v) is 3.04. The quantitative estimate of drug-likeness (QED) is 0.876. The number of aliphatic hydroxyl groups is 1. The molecule has 0 heterocycles. The minimum absolute atomic E-state index is 0.162. The molecular formula is C16H17NO3. The van der Waals surface area contributed by atoms with Crippen LogP contribution in [0.2, 0.25) is 0 Å². The zero-order valence-electron chi connectivity index (χ0n) is 11.2. The number of amides is 1. The van der Waals surface area contributed by atoms with Gasteiger partial charge in [-0.1, -0.05) is 42.5 Å². The summed E-state index contributed by atoms with van der Waals surface area (Å²) in [6.07, 6.45) is 0. The number of methoxy groups -OCH3 is 1. The van der Waals surface area contributed by atoms with E-state index in [0.29, 0.717) is 11.3 Å². The van der Waals surface area contributed by atoms with Crippen molar-refractivity contribution in [2.75, 3.05) is 13.7 Å². The third-order valence-electron chi connectivity index (χ3n) is 3.04. The number of carbonyl (C=O) groups is 1. The summed E-state index contributed by atoms with van der Waals surface area (Å²) in [7, 11) is 1.52. The van der Waals surface area contributed by atoms with Gasteiger partial charge in [-0.25, -0.2) is 0 Å². The van der Waals surface area contributed by atoms with E-state index in [1.54, 1.807) is 24.3 Å². The average molecular weight is 271 g/mol. The van der Waals surface area contributed by atoms with E-state index in [2.05, 4.69) is 5.32 Å². The van der Waals surface area contributed by atoms with E-state index < -0.39 is 6.04 Å². The van der Waals surface area contributed by atoms with Gasteiger partial charge in [-0.3, -0.25) is 4.79 Å². The van der Waals surface area contributed by atoms with Crippen LogP contribution in [-0.2, 0) is 0 Å². The Morgan fingerprint density at radius 3 is 2.45 bits per heavy atom. The summed E-state index contributed by atoms with van der Waals surface area (Å²) in [5.74, 6) is 0.236. The Bertz CT molecular complexity index is 569. The van der Waals surface area contributed by atoms with Crippen LogP contribution in [0.4, 0.5) is 0 Å². The second-order valence-corrected chi connectivity index (χ2v) is 4.32. The van der Waals surface area contributed by atoms with Crippen molar-refractivity contribution in [2.24, 2.45) is 0 Å². The molecule has 0 radical (unpaired) electrons. The topological polar surface area (TPSA) is 58.6 Å². The summed E-state index contributed by atoms with van der Waals surface area (Å²) in [5, 5.41) is 12.3. The van der Waals surface area contributed by atoms with Crippen molar-refractivity contribution in [2.45, 2.75) is 6.04 Å². The Hall–Kier alpha value is -2.33. The van der Waals surface area contributed by atoms with Crippen LogP contribution < -0.4 is 10.1 Å². The first-order chi connectivity index (χ1) is 9.76. The highest BCUT2D eigenvalue weighted by molar-refractivity contribution is 5.97. The average Bonchev–Trinajstić information content (AvgIpc) is 2.53. The molecule has 2 rings (SSSR count). The van der Waals surface area contributed by atoms with E-state index in [4.69, 9.17) is 4.74 Å². The Kier molecular flexibility index (Phi) is 4.74. The fourth-order valence-corrected chi connectivity index (χ4v) is 1.99. The van der Waals surface area contributed by atoms with E-state index >= 15 is 0 Å². The molecule has 2 aromatic rings. The Balaban J connectivity index is 2.18. The lowest BCUT2D eigenvalue weighted by Crippen LogP contribution is -2.31. The minimum atomic E-state index is -0.436. The van der Waals surface area contributed by atoms with Gasteiger partial charge in [0.1, 0.15) is 5.75 Å². The normalized spacial score (nSPS) is 11.7. The number of nitrogens with one attached hydrogen (secondary N) is 1. The summed E-state index contributed by atoms with van der Waals surface area (Å²) in [5.41, 5.74) is 1.31. The lowest BCUT2D eigenvalue weighted by molar-refractivity contribution is 0.0913. The Morgan fingerprint density at radius 2 is 1.80 bits per heavy atom. The highest BCUT2D eigenvalue weighted by Crippen LogP contribution is 2.19. The predicted octanol–water partition coefficient (Wildman–Crippen LogP) is 2.16. The molecule has 2 N–H and O–H groups in total. The van der Waals surface area contributed by atoms with Crippen LogP contribution in [0.3, 0.4) is 0 Å². The fraction of sp³-hybridized carbons (Fsp3) is 0.188. The number of aliphatic hydroxyl groups excluding tert-OH is 1. The fourth-order valence-electron chi connectivity index (χ4n) is 1.99. The summed E-state index contributed by atoms with van der Waals surface area (Å²) in [6, 6.07) is 15.9. The van der Waals surface area contributed by atoms with Gasteiger partial charge in [0.25, 0.3) is 5.91 Å². The molecule has 0 fully saturated rings. The first-order valence-electron chi connectivity index (χ1n) is 6.36. The maximum atomic E-state index is 12.3. The molecule has 1 unspecified atom stereocenters. The molecule has 0 aliphatic carbocycles. The number of hydrogen-bond acceptors (Lipinski definition) is 3. The third kappa shape index (κ3) is 3.16. The zero-order valence-corrected chi connectivity index (χ0v) is 11.2. The van der Waals surface area contributed by atoms with Crippen molar-refractivity contribution in [1.29, 1.82) is 0 Å². The molecular weight excluding hydrogens is 254 g/mol. The van der Waals surface area contributed by atoms with Gasteiger partial charge in [-0.15, -0.1) is 0 Å². The molecule has 0 saturated heterocycles. The monoisotopic (exact) mass is 271 g/mol. The first-order valence-corrected chi connectivity index (χ1v) is 6.36. The smallest absolute Gasteiger partial charge is 0.255 e. The van der Waals surface area contributed by atoms with E-state index in [1.165, 1.54) is 7.11 Å². The summed E-state index contributed by atoms with van der Waals surface area (Å²) in [6.45, 7) is -0.162. The lowest BCUT2D eigenvalue weighted by atomic mass is 10.1. The van der Waals surface area contributed by atoms with E-state index in [9.17, 15) is 9.90 Å². The van der Waals surface area contributed by atoms with Gasteiger partial charge in [0.2, 0.25) is 0 Å². The van der Waals surface area contributed by atoms with Crippen LogP contribution in [0, 0.1) is 0 Å². The Morgan fingerprint density at radius 1 is 1.15 bits per heavy atom. The first kappa shape index (κ1) is 14.1. The van der Waals surface area contributed by atoms with Gasteiger partial charge < -0.3 is 15.2 Å². The van der Waals surface area contributed by atoms with Crippen LogP contribution >= 0.6 is 0 Å². The number of ether oxygens (including phenoxy) is 1. The largest absolute Gasteiger partial charge is 0.496 e. The van der Waals surface area contributed by atoms with Gasteiger partial charge in [-0.2, -0.15) is 0 Å². The van der Waals surface area contributed by atoms with E-state index in [-0.39, 0.29) is 12.5 Å². The van der Waals surface area contributed by atoms with Gasteiger partial charge in [0, 0.05) is 0 Å². The van der Waals surface area contributed by atoms with Crippen molar-refractivity contribution < 1.29 is 14.6 Å². The van der Waals surface area contributed by atoms with Crippen molar-refractivity contribution in [3.05, 3.63) is 65.7 Å². The molecule has 4 heteroatoms. The molecule has 2 aromatic carbocycles. The molecule has 0 aliphatic rings. The van der Waals surface area contributed by atoms with Crippen LogP contribution in [0.5, 0.6) is 5.75 Å². The lowest BCUT2D eigenvalue weighted by Gasteiger charge is -2.17. The van der Waals surface area contributed by atoms with Gasteiger partial charge in [0.05, 0.1) is 25.3 Å². The summed E-state index contributed by atoms with van der Waals surface area (Å²) < 4.78 is 5.16. The highest BCUT2D eigenvalue weighted by atomic mass is 16.5. The van der Waals surface area contributed by atoms with Crippen molar-refractivity contribution in [3.63, 3.8) is 0 Å². The van der Waals surface area contributed by atoms with Crippen LogP contribution in [-0.4, -0.2) is 24.7 Å². The van der Waals surface area contributed by atoms with Crippen LogP contribution in [0.15, 0.2) is 54.6 Å². The second kappa shape index (κ2) is 6.73. The maximum absolute atomic E-state index is 12.3. The molecule has 0 spiro atoms. The zero-order chi connectivity index (χ0) is 14.4. The van der Waals surface area contributed by atoms with Crippen molar-refractivity contribution in [1.82, 2.24) is 5.32 Å². The number of rotatable bonds is 5. The molecule has 20 heavy (non-hydrogen) atoms. The number of benzene rings is 2. The minimum Gasteiger partial charge on any atom is -0.496 e. The molecule has 1 amide bonds.